The largest absolute Gasteiger partial charge is 0.497 e. The smallest absolute Gasteiger partial charge is 0.409 e. The number of rotatable bonds is 7. The van der Waals surface area contributed by atoms with Crippen molar-refractivity contribution in [3.63, 3.8) is 0 Å². The van der Waals surface area contributed by atoms with Gasteiger partial charge in [-0.05, 0) is 43.2 Å². The summed E-state index contributed by atoms with van der Waals surface area (Å²) in [5.74, 6) is 1.34. The molecule has 1 saturated heterocycles. The van der Waals surface area contributed by atoms with Gasteiger partial charge in [0, 0.05) is 17.2 Å². The Balaban J connectivity index is 1.76. The molecule has 0 N–H and O–H groups in total. The van der Waals surface area contributed by atoms with Crippen LogP contribution in [0.3, 0.4) is 0 Å². The number of fused-ring (bicyclic) bond motifs is 1. The highest BCUT2D eigenvalue weighted by Gasteiger charge is 2.23. The Morgan fingerprint density at radius 1 is 1.27 bits per heavy atom. The first-order chi connectivity index (χ1) is 14.5. The van der Waals surface area contributed by atoms with Gasteiger partial charge in [0.05, 0.1) is 24.7 Å². The number of thioether (sulfide) groups is 1. The van der Waals surface area contributed by atoms with Gasteiger partial charge in [0.2, 0.25) is 0 Å². The van der Waals surface area contributed by atoms with E-state index in [-0.39, 0.29) is 11.7 Å². The first-order valence-electron chi connectivity index (χ1n) is 9.77. The lowest BCUT2D eigenvalue weighted by atomic mass is 10.1. The van der Waals surface area contributed by atoms with Gasteiger partial charge >= 0.3 is 6.09 Å². The summed E-state index contributed by atoms with van der Waals surface area (Å²) in [5.41, 5.74) is 1.74. The van der Waals surface area contributed by atoms with E-state index in [0.717, 1.165) is 33.1 Å². The molecule has 9 heteroatoms. The second kappa shape index (κ2) is 8.69. The van der Waals surface area contributed by atoms with Crippen molar-refractivity contribution < 1.29 is 14.3 Å². The molecule has 7 nitrogen and oxygen atoms in total. The van der Waals surface area contributed by atoms with Crippen LogP contribution in [0.4, 0.5) is 4.79 Å². The van der Waals surface area contributed by atoms with Gasteiger partial charge in [-0.2, -0.15) is 0 Å². The first kappa shape index (κ1) is 20.7. The Labute approximate surface area is 182 Å². The zero-order valence-electron chi connectivity index (χ0n) is 17.1. The number of ether oxygens (including phenoxy) is 2. The molecule has 2 aromatic heterocycles. The number of carbonyl (C=O) groups excluding carboxylic acids is 1. The molecule has 3 heterocycles. The molecule has 30 heavy (non-hydrogen) atoms. The third-order valence-electron chi connectivity index (χ3n) is 5.12. The molecule has 0 saturated carbocycles. The van der Waals surface area contributed by atoms with Crippen molar-refractivity contribution in [3.8, 4) is 11.4 Å². The lowest BCUT2D eigenvalue weighted by Crippen LogP contribution is -2.27. The highest BCUT2D eigenvalue weighted by molar-refractivity contribution is 7.99. The molecule has 158 valence electrons. The van der Waals surface area contributed by atoms with Crippen LogP contribution in [-0.2, 0) is 11.2 Å². The number of nitrogens with zero attached hydrogens (tertiary/aromatic N) is 3. The molecule has 0 bridgehead atoms. The van der Waals surface area contributed by atoms with Gasteiger partial charge in [-0.3, -0.25) is 9.36 Å². The zero-order chi connectivity index (χ0) is 21.3. The van der Waals surface area contributed by atoms with Gasteiger partial charge in [-0.25, -0.2) is 9.78 Å². The van der Waals surface area contributed by atoms with Gasteiger partial charge in [0.15, 0.2) is 5.16 Å². The van der Waals surface area contributed by atoms with Crippen molar-refractivity contribution in [1.29, 1.82) is 0 Å². The maximum absolute atomic E-state index is 13.6. The minimum absolute atomic E-state index is 0.0607. The van der Waals surface area contributed by atoms with Gasteiger partial charge < -0.3 is 14.4 Å². The fourth-order valence-corrected chi connectivity index (χ4v) is 5.68. The summed E-state index contributed by atoms with van der Waals surface area (Å²) in [5, 5.41) is 1.32. The van der Waals surface area contributed by atoms with E-state index in [0.29, 0.717) is 36.0 Å². The van der Waals surface area contributed by atoms with E-state index >= 15 is 0 Å². The number of hydrogen-bond acceptors (Lipinski definition) is 7. The summed E-state index contributed by atoms with van der Waals surface area (Å²) in [6.07, 6.45) is 0.502. The number of cyclic esters (lactones) is 1. The van der Waals surface area contributed by atoms with E-state index < -0.39 is 0 Å². The Kier molecular flexibility index (Phi) is 6.01. The molecule has 1 fully saturated rings. The number of methoxy groups -OCH3 is 1. The van der Waals surface area contributed by atoms with Crippen LogP contribution < -0.4 is 10.3 Å². The molecule has 0 spiro atoms. The van der Waals surface area contributed by atoms with Crippen LogP contribution >= 0.6 is 23.1 Å². The first-order valence-corrected chi connectivity index (χ1v) is 11.6. The van der Waals surface area contributed by atoms with Crippen LogP contribution in [0, 0.1) is 6.92 Å². The van der Waals surface area contributed by atoms with Crippen LogP contribution in [0.5, 0.6) is 5.75 Å². The van der Waals surface area contributed by atoms with Crippen molar-refractivity contribution in [1.82, 2.24) is 14.5 Å². The van der Waals surface area contributed by atoms with E-state index in [2.05, 4.69) is 6.92 Å². The van der Waals surface area contributed by atoms with E-state index in [4.69, 9.17) is 14.5 Å². The molecule has 3 aromatic rings. The van der Waals surface area contributed by atoms with E-state index in [1.54, 1.807) is 27.9 Å². The topological polar surface area (TPSA) is 73.7 Å². The molecule has 1 amide bonds. The molecule has 4 rings (SSSR count). The summed E-state index contributed by atoms with van der Waals surface area (Å²) < 4.78 is 11.9. The predicted molar refractivity (Wildman–Crippen MR) is 120 cm³/mol. The Morgan fingerprint density at radius 2 is 2.03 bits per heavy atom. The van der Waals surface area contributed by atoms with Crippen LogP contribution in [0.2, 0.25) is 0 Å². The normalized spacial score (nSPS) is 13.8. The minimum atomic E-state index is -0.284. The highest BCUT2D eigenvalue weighted by Crippen LogP contribution is 2.31. The fourth-order valence-electron chi connectivity index (χ4n) is 3.56. The number of benzene rings is 1. The fraction of sp³-hybridized carbons (Fsp3) is 0.381. The summed E-state index contributed by atoms with van der Waals surface area (Å²) in [6.45, 7) is 5.67. The third kappa shape index (κ3) is 3.79. The number of aromatic nitrogens is 2. The second-order valence-electron chi connectivity index (χ2n) is 6.85. The highest BCUT2D eigenvalue weighted by atomic mass is 32.2. The van der Waals surface area contributed by atoms with Crippen LogP contribution in [0.25, 0.3) is 15.9 Å². The van der Waals surface area contributed by atoms with E-state index in [1.807, 2.05) is 31.2 Å². The Morgan fingerprint density at radius 3 is 2.67 bits per heavy atom. The quantitative estimate of drug-likeness (QED) is 0.406. The van der Waals surface area contributed by atoms with Gasteiger partial charge in [-0.1, -0.05) is 18.7 Å². The lowest BCUT2D eigenvalue weighted by Gasteiger charge is -2.15. The number of thiophene rings is 1. The van der Waals surface area contributed by atoms with Gasteiger partial charge in [-0.15, -0.1) is 11.3 Å². The second-order valence-corrected chi connectivity index (χ2v) is 9.12. The number of carbonyl (C=O) groups is 1. The molecule has 0 unspecified atom stereocenters. The SMILES string of the molecule is CCc1c(C)sc2nc(SCCN3CCOC3=O)n(-c3ccc(OC)cc3)c(=O)c12. The molecular weight excluding hydrogens is 422 g/mol. The molecular formula is C21H23N3O4S2. The maximum Gasteiger partial charge on any atom is 0.409 e. The maximum atomic E-state index is 13.6. The van der Waals surface area contributed by atoms with Crippen molar-refractivity contribution in [2.24, 2.45) is 0 Å². The van der Waals surface area contributed by atoms with Crippen molar-refractivity contribution in [2.45, 2.75) is 25.4 Å². The number of hydrogen-bond donors (Lipinski definition) is 0. The van der Waals surface area contributed by atoms with Crippen molar-refractivity contribution in [2.75, 3.05) is 32.6 Å². The lowest BCUT2D eigenvalue weighted by molar-refractivity contribution is 0.160. The number of amides is 1. The van der Waals surface area contributed by atoms with Crippen LogP contribution in [-0.4, -0.2) is 53.1 Å². The molecule has 0 radical (unpaired) electrons. The monoisotopic (exact) mass is 445 g/mol. The van der Waals surface area contributed by atoms with E-state index in [1.165, 1.54) is 11.8 Å². The van der Waals surface area contributed by atoms with Crippen LogP contribution in [0.15, 0.2) is 34.2 Å². The number of aryl methyl sites for hydroxylation is 2. The Hall–Kier alpha value is -2.52. The Bertz CT molecular complexity index is 1140. The van der Waals surface area contributed by atoms with Crippen molar-refractivity contribution >= 4 is 39.4 Å². The van der Waals surface area contributed by atoms with Gasteiger partial charge in [0.25, 0.3) is 5.56 Å². The summed E-state index contributed by atoms with van der Waals surface area (Å²) in [7, 11) is 1.61. The molecule has 0 aliphatic carbocycles. The minimum Gasteiger partial charge on any atom is -0.497 e. The van der Waals surface area contributed by atoms with Crippen molar-refractivity contribution in [3.05, 3.63) is 45.1 Å². The third-order valence-corrected chi connectivity index (χ3v) is 7.08. The molecule has 1 aromatic carbocycles. The van der Waals surface area contributed by atoms with Crippen LogP contribution in [0.1, 0.15) is 17.4 Å². The molecule has 1 aliphatic rings. The average molecular weight is 446 g/mol. The van der Waals surface area contributed by atoms with E-state index in [9.17, 15) is 9.59 Å². The standard InChI is InChI=1S/C21H23N3O4S2/c1-4-16-13(2)30-18-17(16)19(25)24(14-5-7-15(27-3)8-6-14)20(22-18)29-12-10-23-9-11-28-21(23)26/h5-8H,4,9-12H2,1-3H3. The van der Waals surface area contributed by atoms with Gasteiger partial charge in [0.1, 0.15) is 17.2 Å². The summed E-state index contributed by atoms with van der Waals surface area (Å²) >= 11 is 3.03. The zero-order valence-corrected chi connectivity index (χ0v) is 18.8. The molecule has 1 aliphatic heterocycles. The summed E-state index contributed by atoms with van der Waals surface area (Å²) in [6, 6.07) is 7.39. The average Bonchev–Trinajstić information content (AvgIpc) is 3.30. The summed E-state index contributed by atoms with van der Waals surface area (Å²) in [4.78, 5) is 33.7. The molecule has 0 atom stereocenters. The predicted octanol–water partition coefficient (Wildman–Crippen LogP) is 3.87.